The Kier molecular flexibility index (Phi) is 2.29. The minimum Gasteiger partial charge on any atom is -0.312 e. The quantitative estimate of drug-likeness (QED) is 0.744. The first-order valence-electron chi connectivity index (χ1n) is 4.93. The molecular weight excluding hydrogens is 284 g/mol. The predicted molar refractivity (Wildman–Crippen MR) is 67.2 cm³/mol. The second-order valence-corrected chi connectivity index (χ2v) is 4.27. The lowest BCUT2D eigenvalue weighted by atomic mass is 10.3. The maximum Gasteiger partial charge on any atom is 0.267 e. The number of para-hydroxylation sites is 2. The van der Waals surface area contributed by atoms with Gasteiger partial charge >= 0.3 is 0 Å². The number of hydrogen-bond donors (Lipinski definition) is 1. The van der Waals surface area contributed by atoms with Crippen molar-refractivity contribution >= 4 is 27.0 Å². The molecule has 3 rings (SSSR count). The van der Waals surface area contributed by atoms with E-state index in [4.69, 9.17) is 0 Å². The van der Waals surface area contributed by atoms with Gasteiger partial charge in [0.25, 0.3) is 5.56 Å². The van der Waals surface area contributed by atoms with E-state index in [1.165, 1.54) is 6.33 Å². The van der Waals surface area contributed by atoms with E-state index in [9.17, 15) is 4.79 Å². The molecule has 1 N–H and O–H groups in total. The SMILES string of the molecule is O=c1[nH]cnc(-n2cnc3ccccc32)c1Br. The molecule has 0 aliphatic carbocycles. The zero-order valence-corrected chi connectivity index (χ0v) is 10.2. The molecule has 0 spiro atoms. The zero-order chi connectivity index (χ0) is 11.8. The van der Waals surface area contributed by atoms with E-state index in [2.05, 4.69) is 30.9 Å². The van der Waals surface area contributed by atoms with Crippen LogP contribution in [0.4, 0.5) is 0 Å². The summed E-state index contributed by atoms with van der Waals surface area (Å²) in [6.45, 7) is 0. The van der Waals surface area contributed by atoms with Crippen molar-refractivity contribution in [2.75, 3.05) is 0 Å². The lowest BCUT2D eigenvalue weighted by Crippen LogP contribution is -2.11. The highest BCUT2D eigenvalue weighted by molar-refractivity contribution is 9.10. The highest BCUT2D eigenvalue weighted by Crippen LogP contribution is 2.19. The van der Waals surface area contributed by atoms with Crippen LogP contribution < -0.4 is 5.56 Å². The Hall–Kier alpha value is -1.95. The molecule has 0 aliphatic heterocycles. The highest BCUT2D eigenvalue weighted by atomic mass is 79.9. The Balaban J connectivity index is 2.35. The second-order valence-electron chi connectivity index (χ2n) is 3.47. The number of aromatic amines is 1. The summed E-state index contributed by atoms with van der Waals surface area (Å²) in [5, 5.41) is 0. The summed E-state index contributed by atoms with van der Waals surface area (Å²) in [5.41, 5.74) is 1.56. The van der Waals surface area contributed by atoms with Gasteiger partial charge < -0.3 is 4.98 Å². The molecule has 2 aromatic heterocycles. The minimum atomic E-state index is -0.215. The van der Waals surface area contributed by atoms with Crippen LogP contribution in [-0.2, 0) is 0 Å². The molecule has 0 saturated heterocycles. The minimum absolute atomic E-state index is 0.215. The van der Waals surface area contributed by atoms with E-state index in [0.29, 0.717) is 10.3 Å². The summed E-state index contributed by atoms with van der Waals surface area (Å²) in [6, 6.07) is 7.67. The first kappa shape index (κ1) is 10.2. The van der Waals surface area contributed by atoms with Crippen LogP contribution in [0.25, 0.3) is 16.9 Å². The molecule has 3 aromatic rings. The number of benzene rings is 1. The lowest BCUT2D eigenvalue weighted by molar-refractivity contribution is 0.966. The average Bonchev–Trinajstić information content (AvgIpc) is 2.77. The van der Waals surface area contributed by atoms with E-state index in [1.807, 2.05) is 24.3 Å². The molecule has 0 unspecified atom stereocenters. The fraction of sp³-hybridized carbons (Fsp3) is 0. The Labute approximate surface area is 104 Å². The van der Waals surface area contributed by atoms with E-state index in [1.54, 1.807) is 10.9 Å². The molecule has 0 bridgehead atoms. The molecular formula is C11H7BrN4O. The van der Waals surface area contributed by atoms with Crippen LogP contribution >= 0.6 is 15.9 Å². The summed E-state index contributed by atoms with van der Waals surface area (Å²) >= 11 is 3.23. The van der Waals surface area contributed by atoms with Crippen LogP contribution in [0, 0.1) is 0 Å². The second kappa shape index (κ2) is 3.81. The van der Waals surface area contributed by atoms with Gasteiger partial charge in [0.1, 0.15) is 10.8 Å². The largest absolute Gasteiger partial charge is 0.312 e. The molecule has 2 heterocycles. The topological polar surface area (TPSA) is 63.6 Å². The summed E-state index contributed by atoms with van der Waals surface area (Å²) in [7, 11) is 0. The molecule has 1 aromatic carbocycles. The van der Waals surface area contributed by atoms with Gasteiger partial charge in [-0.3, -0.25) is 9.36 Å². The fourth-order valence-corrected chi connectivity index (χ4v) is 2.08. The van der Waals surface area contributed by atoms with E-state index >= 15 is 0 Å². The van der Waals surface area contributed by atoms with Crippen molar-refractivity contribution in [3.05, 3.63) is 51.7 Å². The molecule has 0 amide bonds. The fourth-order valence-electron chi connectivity index (χ4n) is 1.67. The predicted octanol–water partition coefficient (Wildman–Crippen LogP) is 1.87. The third-order valence-corrected chi connectivity index (χ3v) is 3.17. The Morgan fingerprint density at radius 1 is 1.24 bits per heavy atom. The molecule has 6 heteroatoms. The number of hydrogen-bond acceptors (Lipinski definition) is 3. The number of nitrogens with one attached hydrogen (secondary N) is 1. The van der Waals surface area contributed by atoms with Crippen LogP contribution in [0.5, 0.6) is 0 Å². The van der Waals surface area contributed by atoms with Crippen LogP contribution in [0.15, 0.2) is 46.2 Å². The third-order valence-electron chi connectivity index (χ3n) is 2.46. The Bertz CT molecular complexity index is 746. The maximum absolute atomic E-state index is 11.5. The Morgan fingerprint density at radius 2 is 2.06 bits per heavy atom. The van der Waals surface area contributed by atoms with E-state index < -0.39 is 0 Å². The summed E-state index contributed by atoms with van der Waals surface area (Å²) in [4.78, 5) is 22.4. The number of aromatic nitrogens is 4. The van der Waals surface area contributed by atoms with Crippen molar-refractivity contribution in [3.8, 4) is 5.82 Å². The van der Waals surface area contributed by atoms with Gasteiger partial charge in [-0.15, -0.1) is 0 Å². The monoisotopic (exact) mass is 290 g/mol. The van der Waals surface area contributed by atoms with Crippen LogP contribution in [0.2, 0.25) is 0 Å². The van der Waals surface area contributed by atoms with Crippen molar-refractivity contribution in [2.24, 2.45) is 0 Å². The zero-order valence-electron chi connectivity index (χ0n) is 8.59. The van der Waals surface area contributed by atoms with E-state index in [-0.39, 0.29) is 5.56 Å². The molecule has 0 fully saturated rings. The first-order valence-corrected chi connectivity index (χ1v) is 5.72. The summed E-state index contributed by atoms with van der Waals surface area (Å²) < 4.78 is 2.16. The van der Waals surface area contributed by atoms with Crippen molar-refractivity contribution in [3.63, 3.8) is 0 Å². The van der Waals surface area contributed by atoms with Gasteiger partial charge in [-0.2, -0.15) is 0 Å². The molecule has 0 saturated carbocycles. The van der Waals surface area contributed by atoms with Gasteiger partial charge in [-0.1, -0.05) is 12.1 Å². The molecule has 5 nitrogen and oxygen atoms in total. The van der Waals surface area contributed by atoms with Crippen LogP contribution in [0.3, 0.4) is 0 Å². The summed E-state index contributed by atoms with van der Waals surface area (Å²) in [5.74, 6) is 0.530. The smallest absolute Gasteiger partial charge is 0.267 e. The lowest BCUT2D eigenvalue weighted by Gasteiger charge is -2.03. The number of imidazole rings is 1. The van der Waals surface area contributed by atoms with Crippen molar-refractivity contribution in [1.29, 1.82) is 0 Å². The van der Waals surface area contributed by atoms with Crippen molar-refractivity contribution < 1.29 is 0 Å². The molecule has 0 aliphatic rings. The number of H-pyrrole nitrogens is 1. The van der Waals surface area contributed by atoms with Crippen LogP contribution in [-0.4, -0.2) is 19.5 Å². The van der Waals surface area contributed by atoms with Gasteiger partial charge in [0, 0.05) is 0 Å². The van der Waals surface area contributed by atoms with Crippen LogP contribution in [0.1, 0.15) is 0 Å². The highest BCUT2D eigenvalue weighted by Gasteiger charge is 2.10. The van der Waals surface area contributed by atoms with Crippen molar-refractivity contribution in [2.45, 2.75) is 0 Å². The van der Waals surface area contributed by atoms with Gasteiger partial charge in [-0.25, -0.2) is 9.97 Å². The Morgan fingerprint density at radius 3 is 2.94 bits per heavy atom. The number of nitrogens with zero attached hydrogens (tertiary/aromatic N) is 3. The molecule has 84 valence electrons. The van der Waals surface area contributed by atoms with Gasteiger partial charge in [0.15, 0.2) is 5.82 Å². The first-order chi connectivity index (χ1) is 8.27. The molecule has 17 heavy (non-hydrogen) atoms. The standard InChI is InChI=1S/C11H7BrN4O/c12-9-10(13-5-14-11(9)17)16-6-15-7-3-1-2-4-8(7)16/h1-6H,(H,13,14,17). The molecule has 0 atom stereocenters. The number of fused-ring (bicyclic) bond motifs is 1. The maximum atomic E-state index is 11.5. The summed E-state index contributed by atoms with van der Waals surface area (Å²) in [6.07, 6.45) is 3.02. The van der Waals surface area contributed by atoms with Gasteiger partial charge in [0.05, 0.1) is 17.4 Å². The number of halogens is 1. The van der Waals surface area contributed by atoms with Gasteiger partial charge in [0.2, 0.25) is 0 Å². The normalized spacial score (nSPS) is 10.9. The van der Waals surface area contributed by atoms with Crippen molar-refractivity contribution in [1.82, 2.24) is 19.5 Å². The average molecular weight is 291 g/mol. The number of rotatable bonds is 1. The third kappa shape index (κ3) is 1.57. The van der Waals surface area contributed by atoms with E-state index in [0.717, 1.165) is 11.0 Å². The molecule has 0 radical (unpaired) electrons. The van der Waals surface area contributed by atoms with Gasteiger partial charge in [-0.05, 0) is 28.1 Å².